The summed E-state index contributed by atoms with van der Waals surface area (Å²) >= 11 is 0. The van der Waals surface area contributed by atoms with E-state index in [1.165, 1.54) is 11.1 Å². The van der Waals surface area contributed by atoms with E-state index in [9.17, 15) is 5.11 Å². The normalized spacial score (nSPS) is 21.0. The predicted molar refractivity (Wildman–Crippen MR) is 83.0 cm³/mol. The fourth-order valence-electron chi connectivity index (χ4n) is 3.29. The van der Waals surface area contributed by atoms with Gasteiger partial charge in [0.1, 0.15) is 5.82 Å². The largest absolute Gasteiger partial charge is 0.394 e. The maximum Gasteiger partial charge on any atom is 0.122 e. The van der Waals surface area contributed by atoms with Gasteiger partial charge in [0.2, 0.25) is 0 Å². The molecule has 1 aliphatic carbocycles. The SMILES string of the molecule is CC(C)n1ccnc1CNC1(CO)CCc2ccccc21. The third-order valence-corrected chi connectivity index (χ3v) is 4.51. The number of nitrogens with one attached hydrogen (secondary N) is 1. The van der Waals surface area contributed by atoms with Crippen molar-refractivity contribution >= 4 is 0 Å². The van der Waals surface area contributed by atoms with Crippen LogP contribution in [0.2, 0.25) is 0 Å². The number of fused-ring (bicyclic) bond motifs is 1. The van der Waals surface area contributed by atoms with E-state index in [1.54, 1.807) is 0 Å². The van der Waals surface area contributed by atoms with Gasteiger partial charge in [-0.05, 0) is 37.8 Å². The van der Waals surface area contributed by atoms with Crippen molar-refractivity contribution in [2.75, 3.05) is 6.61 Å². The van der Waals surface area contributed by atoms with E-state index >= 15 is 0 Å². The van der Waals surface area contributed by atoms with Crippen molar-refractivity contribution in [3.05, 3.63) is 53.6 Å². The first-order valence-corrected chi connectivity index (χ1v) is 7.62. The van der Waals surface area contributed by atoms with E-state index in [-0.39, 0.29) is 12.1 Å². The van der Waals surface area contributed by atoms with Crippen molar-refractivity contribution < 1.29 is 5.11 Å². The number of rotatable bonds is 5. The summed E-state index contributed by atoms with van der Waals surface area (Å²) in [4.78, 5) is 4.44. The van der Waals surface area contributed by atoms with Gasteiger partial charge < -0.3 is 9.67 Å². The van der Waals surface area contributed by atoms with Crippen LogP contribution in [0.3, 0.4) is 0 Å². The average Bonchev–Trinajstić information content (AvgIpc) is 3.10. The van der Waals surface area contributed by atoms with E-state index < -0.39 is 0 Å². The Hall–Kier alpha value is -1.65. The molecule has 0 saturated heterocycles. The smallest absolute Gasteiger partial charge is 0.122 e. The second-order valence-corrected chi connectivity index (χ2v) is 6.10. The quantitative estimate of drug-likeness (QED) is 0.887. The molecule has 1 aromatic carbocycles. The Morgan fingerprint density at radius 1 is 1.38 bits per heavy atom. The highest BCUT2D eigenvalue weighted by molar-refractivity contribution is 5.38. The molecule has 1 unspecified atom stereocenters. The molecule has 4 heteroatoms. The lowest BCUT2D eigenvalue weighted by Gasteiger charge is -2.30. The molecule has 0 bridgehead atoms. The maximum absolute atomic E-state index is 9.98. The topological polar surface area (TPSA) is 50.1 Å². The van der Waals surface area contributed by atoms with Crippen LogP contribution in [0, 0.1) is 0 Å². The van der Waals surface area contributed by atoms with E-state index in [4.69, 9.17) is 0 Å². The standard InChI is InChI=1S/C17H23N3O/c1-13(2)20-10-9-18-16(20)11-19-17(12-21)8-7-14-5-3-4-6-15(14)17/h3-6,9-10,13,19,21H,7-8,11-12H2,1-2H3. The summed E-state index contributed by atoms with van der Waals surface area (Å²) in [5.41, 5.74) is 2.24. The molecular weight excluding hydrogens is 262 g/mol. The van der Waals surface area contributed by atoms with Crippen molar-refractivity contribution in [1.29, 1.82) is 0 Å². The third kappa shape index (κ3) is 2.49. The van der Waals surface area contributed by atoms with Gasteiger partial charge in [-0.1, -0.05) is 24.3 Å². The molecule has 1 aliphatic rings. The first kappa shape index (κ1) is 14.3. The van der Waals surface area contributed by atoms with E-state index in [0.717, 1.165) is 18.7 Å². The molecule has 2 N–H and O–H groups in total. The van der Waals surface area contributed by atoms with Crippen LogP contribution >= 0.6 is 0 Å². The number of aliphatic hydroxyl groups excluding tert-OH is 1. The Balaban J connectivity index is 1.82. The van der Waals surface area contributed by atoms with Crippen molar-refractivity contribution in [2.45, 2.75) is 44.8 Å². The number of imidazole rings is 1. The summed E-state index contributed by atoms with van der Waals surface area (Å²) in [7, 11) is 0. The van der Waals surface area contributed by atoms with Crippen LogP contribution in [0.1, 0.15) is 43.3 Å². The lowest BCUT2D eigenvalue weighted by Crippen LogP contribution is -2.43. The number of nitrogens with zero attached hydrogens (tertiary/aromatic N) is 2. The average molecular weight is 285 g/mol. The number of hydrogen-bond donors (Lipinski definition) is 2. The zero-order valence-electron chi connectivity index (χ0n) is 12.7. The van der Waals surface area contributed by atoms with Crippen molar-refractivity contribution in [2.24, 2.45) is 0 Å². The second kappa shape index (κ2) is 5.62. The zero-order chi connectivity index (χ0) is 14.9. The van der Waals surface area contributed by atoms with Crippen molar-refractivity contribution in [3.63, 3.8) is 0 Å². The summed E-state index contributed by atoms with van der Waals surface area (Å²) in [5, 5.41) is 13.5. The molecule has 112 valence electrons. The summed E-state index contributed by atoms with van der Waals surface area (Å²) in [5.74, 6) is 1.02. The van der Waals surface area contributed by atoms with Crippen molar-refractivity contribution in [3.8, 4) is 0 Å². The number of benzene rings is 1. The Labute approximate surface area is 125 Å². The van der Waals surface area contributed by atoms with E-state index in [2.05, 4.69) is 46.9 Å². The van der Waals surface area contributed by atoms with Crippen LogP contribution in [0.4, 0.5) is 0 Å². The van der Waals surface area contributed by atoms with Gasteiger partial charge in [0.25, 0.3) is 0 Å². The number of aryl methyl sites for hydroxylation is 1. The molecule has 21 heavy (non-hydrogen) atoms. The van der Waals surface area contributed by atoms with Gasteiger partial charge in [-0.2, -0.15) is 0 Å². The number of hydrogen-bond acceptors (Lipinski definition) is 3. The summed E-state index contributed by atoms with van der Waals surface area (Å²) in [6, 6.07) is 8.79. The lowest BCUT2D eigenvalue weighted by molar-refractivity contribution is 0.157. The van der Waals surface area contributed by atoms with Crippen LogP contribution in [0.15, 0.2) is 36.7 Å². The first-order chi connectivity index (χ1) is 10.2. The molecule has 0 aliphatic heterocycles. The molecule has 1 atom stereocenters. The van der Waals surface area contributed by atoms with Crippen LogP contribution < -0.4 is 5.32 Å². The van der Waals surface area contributed by atoms with Crippen LogP contribution in [0.5, 0.6) is 0 Å². The Morgan fingerprint density at radius 3 is 2.95 bits per heavy atom. The molecule has 0 fully saturated rings. The molecule has 3 rings (SSSR count). The fraction of sp³-hybridized carbons (Fsp3) is 0.471. The molecule has 1 heterocycles. The predicted octanol–water partition coefficient (Wildman–Crippen LogP) is 2.39. The van der Waals surface area contributed by atoms with E-state index in [0.29, 0.717) is 12.6 Å². The molecule has 4 nitrogen and oxygen atoms in total. The Bertz CT molecular complexity index is 620. The molecule has 0 radical (unpaired) electrons. The van der Waals surface area contributed by atoms with Gasteiger partial charge >= 0.3 is 0 Å². The minimum atomic E-state index is -0.329. The van der Waals surface area contributed by atoms with Gasteiger partial charge in [-0.3, -0.25) is 5.32 Å². The molecule has 1 aromatic heterocycles. The van der Waals surface area contributed by atoms with Crippen molar-refractivity contribution in [1.82, 2.24) is 14.9 Å². The Kier molecular flexibility index (Phi) is 3.83. The monoisotopic (exact) mass is 285 g/mol. The molecule has 0 spiro atoms. The molecule has 0 amide bonds. The highest BCUT2D eigenvalue weighted by atomic mass is 16.3. The maximum atomic E-state index is 9.98. The number of aromatic nitrogens is 2. The minimum absolute atomic E-state index is 0.117. The number of aliphatic hydroxyl groups is 1. The lowest BCUT2D eigenvalue weighted by atomic mass is 9.92. The highest BCUT2D eigenvalue weighted by Crippen LogP contribution is 2.36. The zero-order valence-corrected chi connectivity index (χ0v) is 12.7. The Morgan fingerprint density at radius 2 is 2.19 bits per heavy atom. The molecule has 2 aromatic rings. The van der Waals surface area contributed by atoms with Gasteiger partial charge in [-0.15, -0.1) is 0 Å². The second-order valence-electron chi connectivity index (χ2n) is 6.10. The first-order valence-electron chi connectivity index (χ1n) is 7.62. The van der Waals surface area contributed by atoms with Gasteiger partial charge in [0.15, 0.2) is 0 Å². The minimum Gasteiger partial charge on any atom is -0.394 e. The highest BCUT2D eigenvalue weighted by Gasteiger charge is 2.37. The van der Waals surface area contributed by atoms with Gasteiger partial charge in [-0.25, -0.2) is 4.98 Å². The van der Waals surface area contributed by atoms with Gasteiger partial charge in [0, 0.05) is 18.4 Å². The molecular formula is C17H23N3O. The van der Waals surface area contributed by atoms with Crippen LogP contribution in [0.25, 0.3) is 0 Å². The van der Waals surface area contributed by atoms with E-state index in [1.807, 2.05) is 18.5 Å². The van der Waals surface area contributed by atoms with Gasteiger partial charge in [0.05, 0.1) is 18.7 Å². The molecule has 0 saturated carbocycles. The van der Waals surface area contributed by atoms with Crippen LogP contribution in [-0.4, -0.2) is 21.3 Å². The fourth-order valence-corrected chi connectivity index (χ4v) is 3.29. The third-order valence-electron chi connectivity index (χ3n) is 4.51. The summed E-state index contributed by atoms with van der Waals surface area (Å²) in [6.07, 6.45) is 5.80. The summed E-state index contributed by atoms with van der Waals surface area (Å²) in [6.45, 7) is 5.09. The summed E-state index contributed by atoms with van der Waals surface area (Å²) < 4.78 is 2.17. The van der Waals surface area contributed by atoms with Crippen LogP contribution in [-0.2, 0) is 18.5 Å².